The van der Waals surface area contributed by atoms with Crippen LogP contribution in [0.2, 0.25) is 0 Å². The Bertz CT molecular complexity index is 553. The SMILES string of the molecule is Nc1nc(OCC2CCOCC2)nc(-n2ccnc2)n1. The van der Waals surface area contributed by atoms with Crippen LogP contribution in [0, 0.1) is 5.92 Å². The molecule has 0 amide bonds. The summed E-state index contributed by atoms with van der Waals surface area (Å²) in [5, 5.41) is 0. The highest BCUT2D eigenvalue weighted by Gasteiger charge is 2.15. The number of hydrogen-bond acceptors (Lipinski definition) is 7. The van der Waals surface area contributed by atoms with E-state index in [9.17, 15) is 0 Å². The molecule has 2 N–H and O–H groups in total. The van der Waals surface area contributed by atoms with Crippen molar-refractivity contribution >= 4 is 5.95 Å². The zero-order valence-corrected chi connectivity index (χ0v) is 11.0. The van der Waals surface area contributed by atoms with Gasteiger partial charge in [-0.3, -0.25) is 4.57 Å². The smallest absolute Gasteiger partial charge is 0.323 e. The third kappa shape index (κ3) is 3.02. The average molecular weight is 276 g/mol. The highest BCUT2D eigenvalue weighted by atomic mass is 16.5. The van der Waals surface area contributed by atoms with E-state index in [1.54, 1.807) is 23.3 Å². The lowest BCUT2D eigenvalue weighted by atomic mass is 10.0. The molecule has 3 heterocycles. The maximum Gasteiger partial charge on any atom is 0.323 e. The Hall–Kier alpha value is -2.22. The molecule has 2 aromatic rings. The number of aromatic nitrogens is 5. The first-order chi connectivity index (χ1) is 9.81. The van der Waals surface area contributed by atoms with Crippen molar-refractivity contribution in [2.75, 3.05) is 25.6 Å². The van der Waals surface area contributed by atoms with Crippen molar-refractivity contribution in [1.82, 2.24) is 24.5 Å². The fourth-order valence-electron chi connectivity index (χ4n) is 2.02. The lowest BCUT2D eigenvalue weighted by Crippen LogP contribution is -2.22. The molecular formula is C12H16N6O2. The predicted octanol–water partition coefficient (Wildman–Crippen LogP) is 0.445. The van der Waals surface area contributed by atoms with E-state index in [4.69, 9.17) is 15.2 Å². The topological polar surface area (TPSA) is 101 Å². The number of ether oxygens (including phenoxy) is 2. The Balaban J connectivity index is 1.69. The molecule has 1 fully saturated rings. The van der Waals surface area contributed by atoms with Crippen molar-refractivity contribution in [3.63, 3.8) is 0 Å². The zero-order chi connectivity index (χ0) is 13.8. The van der Waals surface area contributed by atoms with Gasteiger partial charge in [0.2, 0.25) is 11.9 Å². The Morgan fingerprint density at radius 1 is 1.30 bits per heavy atom. The number of anilines is 1. The van der Waals surface area contributed by atoms with Gasteiger partial charge in [-0.1, -0.05) is 0 Å². The van der Waals surface area contributed by atoms with E-state index in [2.05, 4.69) is 19.9 Å². The van der Waals surface area contributed by atoms with Gasteiger partial charge >= 0.3 is 6.01 Å². The molecule has 8 heteroatoms. The van der Waals surface area contributed by atoms with Gasteiger partial charge in [0, 0.05) is 25.6 Å². The minimum atomic E-state index is 0.130. The summed E-state index contributed by atoms with van der Waals surface area (Å²) in [5.41, 5.74) is 5.68. The maximum atomic E-state index is 5.68. The second kappa shape index (κ2) is 5.83. The molecule has 8 nitrogen and oxygen atoms in total. The molecule has 0 spiro atoms. The molecule has 0 aliphatic carbocycles. The summed E-state index contributed by atoms with van der Waals surface area (Å²) < 4.78 is 12.6. The lowest BCUT2D eigenvalue weighted by Gasteiger charge is -2.21. The second-order valence-corrected chi connectivity index (χ2v) is 4.61. The van der Waals surface area contributed by atoms with Crippen LogP contribution < -0.4 is 10.5 Å². The molecule has 1 saturated heterocycles. The van der Waals surface area contributed by atoms with Crippen LogP contribution in [-0.2, 0) is 4.74 Å². The normalized spacial score (nSPS) is 16.2. The molecule has 0 aromatic carbocycles. The second-order valence-electron chi connectivity index (χ2n) is 4.61. The minimum absolute atomic E-state index is 0.130. The van der Waals surface area contributed by atoms with E-state index in [0.717, 1.165) is 26.1 Å². The van der Waals surface area contributed by atoms with Crippen LogP contribution in [0.1, 0.15) is 12.8 Å². The standard InChI is InChI=1S/C12H16N6O2/c13-10-15-11(18-4-3-14-8-18)17-12(16-10)20-7-9-1-5-19-6-2-9/h3-4,8-9H,1-2,5-7H2,(H2,13,15,16,17). The van der Waals surface area contributed by atoms with E-state index in [1.807, 2.05) is 0 Å². The number of hydrogen-bond donors (Lipinski definition) is 1. The summed E-state index contributed by atoms with van der Waals surface area (Å²) in [4.78, 5) is 16.2. The van der Waals surface area contributed by atoms with Crippen LogP contribution in [0.15, 0.2) is 18.7 Å². The number of nitrogens with zero attached hydrogens (tertiary/aromatic N) is 5. The molecule has 0 saturated carbocycles. The number of nitrogens with two attached hydrogens (primary N) is 1. The van der Waals surface area contributed by atoms with E-state index in [-0.39, 0.29) is 12.0 Å². The van der Waals surface area contributed by atoms with Crippen molar-refractivity contribution < 1.29 is 9.47 Å². The quantitative estimate of drug-likeness (QED) is 0.864. The van der Waals surface area contributed by atoms with Gasteiger partial charge in [-0.25, -0.2) is 4.98 Å². The highest BCUT2D eigenvalue weighted by Crippen LogP contribution is 2.16. The third-order valence-electron chi connectivity index (χ3n) is 3.14. The molecule has 3 rings (SSSR count). The number of imidazole rings is 1. The first-order valence-electron chi connectivity index (χ1n) is 6.51. The zero-order valence-electron chi connectivity index (χ0n) is 11.0. The highest BCUT2D eigenvalue weighted by molar-refractivity contribution is 5.24. The van der Waals surface area contributed by atoms with Gasteiger partial charge in [0.25, 0.3) is 0 Å². The van der Waals surface area contributed by atoms with Gasteiger partial charge in [-0.05, 0) is 18.8 Å². The average Bonchev–Trinajstić information content (AvgIpc) is 3.00. The lowest BCUT2D eigenvalue weighted by molar-refractivity contribution is 0.0482. The minimum Gasteiger partial charge on any atom is -0.463 e. The molecule has 0 unspecified atom stereocenters. The molecule has 106 valence electrons. The maximum absolute atomic E-state index is 5.68. The van der Waals surface area contributed by atoms with Crippen LogP contribution in [0.4, 0.5) is 5.95 Å². The molecule has 0 bridgehead atoms. The third-order valence-corrected chi connectivity index (χ3v) is 3.14. The monoisotopic (exact) mass is 276 g/mol. The van der Waals surface area contributed by atoms with Crippen molar-refractivity contribution in [2.45, 2.75) is 12.8 Å². The van der Waals surface area contributed by atoms with Crippen molar-refractivity contribution in [3.8, 4) is 12.0 Å². The van der Waals surface area contributed by atoms with Gasteiger partial charge in [0.05, 0.1) is 6.61 Å². The Labute approximate surface area is 116 Å². The molecule has 1 aliphatic heterocycles. The van der Waals surface area contributed by atoms with E-state index in [0.29, 0.717) is 18.5 Å². The Morgan fingerprint density at radius 3 is 2.90 bits per heavy atom. The van der Waals surface area contributed by atoms with Gasteiger partial charge in [-0.15, -0.1) is 0 Å². The summed E-state index contributed by atoms with van der Waals surface area (Å²) in [5.74, 6) is 1.00. The van der Waals surface area contributed by atoms with Crippen molar-refractivity contribution in [1.29, 1.82) is 0 Å². The largest absolute Gasteiger partial charge is 0.463 e. The molecule has 2 aromatic heterocycles. The fraction of sp³-hybridized carbons (Fsp3) is 0.500. The van der Waals surface area contributed by atoms with Crippen LogP contribution >= 0.6 is 0 Å². The van der Waals surface area contributed by atoms with Gasteiger partial charge in [-0.2, -0.15) is 15.0 Å². The van der Waals surface area contributed by atoms with Gasteiger partial charge in [0.15, 0.2) is 0 Å². The van der Waals surface area contributed by atoms with Gasteiger partial charge < -0.3 is 15.2 Å². The molecule has 0 radical (unpaired) electrons. The molecular weight excluding hydrogens is 260 g/mol. The van der Waals surface area contributed by atoms with Crippen LogP contribution in [-0.4, -0.2) is 44.3 Å². The number of rotatable bonds is 4. The number of nitrogen functional groups attached to an aromatic ring is 1. The first kappa shape index (κ1) is 12.8. The van der Waals surface area contributed by atoms with E-state index < -0.39 is 0 Å². The summed E-state index contributed by atoms with van der Waals surface area (Å²) >= 11 is 0. The summed E-state index contributed by atoms with van der Waals surface area (Å²) in [7, 11) is 0. The summed E-state index contributed by atoms with van der Waals surface area (Å²) in [6.07, 6.45) is 6.96. The van der Waals surface area contributed by atoms with Crippen LogP contribution in [0.3, 0.4) is 0 Å². The summed E-state index contributed by atoms with van der Waals surface area (Å²) in [6.45, 7) is 2.14. The Morgan fingerprint density at radius 2 is 2.15 bits per heavy atom. The van der Waals surface area contributed by atoms with Crippen molar-refractivity contribution in [3.05, 3.63) is 18.7 Å². The van der Waals surface area contributed by atoms with E-state index >= 15 is 0 Å². The summed E-state index contributed by atoms with van der Waals surface area (Å²) in [6, 6.07) is 0.243. The van der Waals surface area contributed by atoms with Crippen LogP contribution in [0.5, 0.6) is 6.01 Å². The fourth-order valence-corrected chi connectivity index (χ4v) is 2.02. The van der Waals surface area contributed by atoms with Crippen molar-refractivity contribution in [2.24, 2.45) is 5.92 Å². The predicted molar refractivity (Wildman–Crippen MR) is 70.4 cm³/mol. The molecule has 0 atom stereocenters. The Kier molecular flexibility index (Phi) is 3.73. The molecule has 20 heavy (non-hydrogen) atoms. The molecule has 1 aliphatic rings. The van der Waals surface area contributed by atoms with E-state index in [1.165, 1.54) is 0 Å². The first-order valence-corrected chi connectivity index (χ1v) is 6.51. The van der Waals surface area contributed by atoms with Gasteiger partial charge in [0.1, 0.15) is 6.33 Å². The van der Waals surface area contributed by atoms with Crippen LogP contribution in [0.25, 0.3) is 5.95 Å².